The SMILES string of the molecule is CC1SCCN(CC2CCC(N)C(C)C2(C)C)C1C. The molecule has 2 fully saturated rings. The number of nitrogens with zero attached hydrogens (tertiary/aromatic N) is 1. The lowest BCUT2D eigenvalue weighted by Gasteiger charge is -2.50. The summed E-state index contributed by atoms with van der Waals surface area (Å²) in [7, 11) is 0. The smallest absolute Gasteiger partial charge is 0.0184 e. The van der Waals surface area contributed by atoms with Gasteiger partial charge in [-0.25, -0.2) is 0 Å². The first-order valence-corrected chi connectivity index (χ1v) is 9.00. The van der Waals surface area contributed by atoms with Crippen LogP contribution in [0.25, 0.3) is 0 Å². The molecule has 112 valence electrons. The maximum absolute atomic E-state index is 6.28. The molecule has 0 aromatic heterocycles. The van der Waals surface area contributed by atoms with Gasteiger partial charge in [0, 0.05) is 36.2 Å². The van der Waals surface area contributed by atoms with E-state index in [0.29, 0.717) is 17.4 Å². The normalized spacial score (nSPS) is 44.2. The first-order valence-electron chi connectivity index (χ1n) is 7.95. The van der Waals surface area contributed by atoms with Gasteiger partial charge >= 0.3 is 0 Å². The quantitative estimate of drug-likeness (QED) is 0.844. The monoisotopic (exact) mass is 284 g/mol. The highest BCUT2D eigenvalue weighted by molar-refractivity contribution is 8.00. The van der Waals surface area contributed by atoms with Crippen molar-refractivity contribution in [1.29, 1.82) is 0 Å². The molecule has 0 aromatic carbocycles. The van der Waals surface area contributed by atoms with Gasteiger partial charge in [0.25, 0.3) is 0 Å². The van der Waals surface area contributed by atoms with E-state index in [-0.39, 0.29) is 0 Å². The largest absolute Gasteiger partial charge is 0.327 e. The van der Waals surface area contributed by atoms with Crippen LogP contribution < -0.4 is 5.73 Å². The first kappa shape index (κ1) is 15.7. The molecule has 1 heterocycles. The Morgan fingerprint density at radius 1 is 1.21 bits per heavy atom. The molecule has 2 rings (SSSR count). The van der Waals surface area contributed by atoms with E-state index in [0.717, 1.165) is 17.2 Å². The maximum atomic E-state index is 6.28. The summed E-state index contributed by atoms with van der Waals surface area (Å²) in [5, 5.41) is 0.778. The van der Waals surface area contributed by atoms with Crippen LogP contribution in [0.2, 0.25) is 0 Å². The van der Waals surface area contributed by atoms with E-state index in [2.05, 4.69) is 51.3 Å². The molecule has 0 aromatic rings. The van der Waals surface area contributed by atoms with Gasteiger partial charge in [0.2, 0.25) is 0 Å². The molecule has 3 heteroatoms. The Labute approximate surface area is 123 Å². The molecule has 2 nitrogen and oxygen atoms in total. The van der Waals surface area contributed by atoms with E-state index in [1.807, 2.05) is 0 Å². The molecule has 0 amide bonds. The Hall–Kier alpha value is 0.270. The van der Waals surface area contributed by atoms with E-state index in [4.69, 9.17) is 5.73 Å². The minimum atomic E-state index is 0.380. The van der Waals surface area contributed by atoms with Crippen molar-refractivity contribution in [2.24, 2.45) is 23.0 Å². The Bertz CT molecular complexity index is 305. The summed E-state index contributed by atoms with van der Waals surface area (Å²) < 4.78 is 0. The molecular weight excluding hydrogens is 252 g/mol. The van der Waals surface area contributed by atoms with Gasteiger partial charge in [-0.1, -0.05) is 27.7 Å². The van der Waals surface area contributed by atoms with Gasteiger partial charge in [-0.3, -0.25) is 4.90 Å². The van der Waals surface area contributed by atoms with Crippen molar-refractivity contribution < 1.29 is 0 Å². The molecule has 0 bridgehead atoms. The van der Waals surface area contributed by atoms with Crippen LogP contribution in [0, 0.1) is 17.3 Å². The fourth-order valence-electron chi connectivity index (χ4n) is 3.80. The lowest BCUT2D eigenvalue weighted by atomic mass is 9.61. The summed E-state index contributed by atoms with van der Waals surface area (Å²) in [6.45, 7) is 14.6. The van der Waals surface area contributed by atoms with E-state index < -0.39 is 0 Å². The highest BCUT2D eigenvalue weighted by Gasteiger charge is 2.42. The molecule has 5 unspecified atom stereocenters. The Balaban J connectivity index is 2.02. The third-order valence-electron chi connectivity index (χ3n) is 6.19. The van der Waals surface area contributed by atoms with Gasteiger partial charge in [-0.05, 0) is 37.0 Å². The molecule has 0 spiro atoms. The van der Waals surface area contributed by atoms with Gasteiger partial charge < -0.3 is 5.73 Å². The van der Waals surface area contributed by atoms with Crippen LogP contribution in [-0.2, 0) is 0 Å². The zero-order valence-corrected chi connectivity index (χ0v) is 14.2. The second-order valence-electron chi connectivity index (χ2n) is 7.36. The summed E-state index contributed by atoms with van der Waals surface area (Å²) >= 11 is 2.13. The lowest BCUT2D eigenvalue weighted by Crippen LogP contribution is -2.53. The van der Waals surface area contributed by atoms with Crippen LogP contribution >= 0.6 is 11.8 Å². The molecule has 1 aliphatic carbocycles. The summed E-state index contributed by atoms with van der Waals surface area (Å²) in [6, 6.07) is 1.12. The summed E-state index contributed by atoms with van der Waals surface area (Å²) in [6.07, 6.45) is 2.52. The zero-order valence-electron chi connectivity index (χ0n) is 13.4. The van der Waals surface area contributed by atoms with Crippen molar-refractivity contribution in [2.45, 2.75) is 64.8 Å². The lowest BCUT2D eigenvalue weighted by molar-refractivity contribution is 0.0209. The number of rotatable bonds is 2. The Morgan fingerprint density at radius 2 is 1.89 bits per heavy atom. The molecule has 19 heavy (non-hydrogen) atoms. The van der Waals surface area contributed by atoms with Gasteiger partial charge in [-0.15, -0.1) is 0 Å². The molecule has 1 saturated heterocycles. The van der Waals surface area contributed by atoms with E-state index in [9.17, 15) is 0 Å². The van der Waals surface area contributed by atoms with Crippen LogP contribution in [0.5, 0.6) is 0 Å². The van der Waals surface area contributed by atoms with Crippen LogP contribution in [-0.4, -0.2) is 41.1 Å². The second-order valence-corrected chi connectivity index (χ2v) is 8.84. The molecule has 0 radical (unpaired) electrons. The van der Waals surface area contributed by atoms with Crippen molar-refractivity contribution in [1.82, 2.24) is 4.90 Å². The van der Waals surface area contributed by atoms with Crippen molar-refractivity contribution in [3.63, 3.8) is 0 Å². The minimum Gasteiger partial charge on any atom is -0.327 e. The predicted molar refractivity (Wildman–Crippen MR) is 86.6 cm³/mol. The maximum Gasteiger partial charge on any atom is 0.0184 e. The number of nitrogens with two attached hydrogens (primary N) is 1. The van der Waals surface area contributed by atoms with Crippen molar-refractivity contribution in [2.75, 3.05) is 18.8 Å². The minimum absolute atomic E-state index is 0.380. The van der Waals surface area contributed by atoms with Crippen molar-refractivity contribution in [3.05, 3.63) is 0 Å². The topological polar surface area (TPSA) is 29.3 Å². The summed E-state index contributed by atoms with van der Waals surface area (Å²) in [5.41, 5.74) is 6.66. The third-order valence-corrected chi connectivity index (χ3v) is 7.52. The molecular formula is C16H32N2S. The zero-order chi connectivity index (χ0) is 14.2. The third kappa shape index (κ3) is 3.14. The van der Waals surface area contributed by atoms with Crippen LogP contribution in [0.15, 0.2) is 0 Å². The molecule has 5 atom stereocenters. The van der Waals surface area contributed by atoms with Gasteiger partial charge in [0.15, 0.2) is 0 Å². The average Bonchev–Trinajstić information content (AvgIpc) is 2.36. The van der Waals surface area contributed by atoms with Crippen molar-refractivity contribution in [3.8, 4) is 0 Å². The molecule has 2 N–H and O–H groups in total. The van der Waals surface area contributed by atoms with Gasteiger partial charge in [0.1, 0.15) is 0 Å². The Kier molecular flexibility index (Phi) is 4.90. The Morgan fingerprint density at radius 3 is 2.58 bits per heavy atom. The van der Waals surface area contributed by atoms with E-state index in [1.54, 1.807) is 0 Å². The predicted octanol–water partition coefficient (Wildman–Crippen LogP) is 3.21. The highest BCUT2D eigenvalue weighted by Crippen LogP contribution is 2.45. The van der Waals surface area contributed by atoms with Crippen LogP contribution in [0.3, 0.4) is 0 Å². The van der Waals surface area contributed by atoms with E-state index >= 15 is 0 Å². The average molecular weight is 285 g/mol. The van der Waals surface area contributed by atoms with Gasteiger partial charge in [-0.2, -0.15) is 11.8 Å². The van der Waals surface area contributed by atoms with Gasteiger partial charge in [0.05, 0.1) is 0 Å². The van der Waals surface area contributed by atoms with E-state index in [1.165, 1.54) is 31.7 Å². The molecule has 1 saturated carbocycles. The van der Waals surface area contributed by atoms with Crippen molar-refractivity contribution >= 4 is 11.8 Å². The highest BCUT2D eigenvalue weighted by atomic mass is 32.2. The number of hydrogen-bond donors (Lipinski definition) is 1. The number of thioether (sulfide) groups is 1. The molecule has 1 aliphatic heterocycles. The fourth-order valence-corrected chi connectivity index (χ4v) is 4.96. The summed E-state index contributed by atoms with van der Waals surface area (Å²) in [5.74, 6) is 2.74. The fraction of sp³-hybridized carbons (Fsp3) is 1.00. The second kappa shape index (κ2) is 5.95. The molecule has 2 aliphatic rings. The number of hydrogen-bond acceptors (Lipinski definition) is 3. The van der Waals surface area contributed by atoms with Crippen LogP contribution in [0.4, 0.5) is 0 Å². The van der Waals surface area contributed by atoms with Crippen LogP contribution in [0.1, 0.15) is 47.5 Å². The first-order chi connectivity index (χ1) is 8.84. The summed E-state index contributed by atoms with van der Waals surface area (Å²) in [4.78, 5) is 2.73. The standard InChI is InChI=1S/C16H32N2S/c1-11-15(17)7-6-14(16(11,4)5)10-18-8-9-19-13(3)12(18)2/h11-15H,6-10,17H2,1-5H3.